The number of ether oxygens (including phenoxy) is 1. The quantitative estimate of drug-likeness (QED) is 0.717. The van der Waals surface area contributed by atoms with Crippen LogP contribution in [0, 0.1) is 0 Å². The van der Waals surface area contributed by atoms with Gasteiger partial charge in [0.25, 0.3) is 0 Å². The minimum absolute atomic E-state index is 0.0591. The van der Waals surface area contributed by atoms with E-state index in [1.54, 1.807) is 12.1 Å². The van der Waals surface area contributed by atoms with Crippen molar-refractivity contribution in [3.05, 3.63) is 36.2 Å². The number of hydrogen-bond acceptors (Lipinski definition) is 4. The predicted molar refractivity (Wildman–Crippen MR) is 54.7 cm³/mol. The SMILES string of the molecule is COC(=O)c1ncc2ccccc2c1O. The molecule has 1 N–H and O–H groups in total. The second-order valence-corrected chi connectivity index (χ2v) is 3.03. The summed E-state index contributed by atoms with van der Waals surface area (Å²) >= 11 is 0. The molecule has 0 saturated heterocycles. The van der Waals surface area contributed by atoms with Crippen LogP contribution in [0.4, 0.5) is 0 Å². The minimum Gasteiger partial charge on any atom is -0.505 e. The van der Waals surface area contributed by atoms with Gasteiger partial charge in [0.1, 0.15) is 0 Å². The van der Waals surface area contributed by atoms with Crippen LogP contribution >= 0.6 is 0 Å². The standard InChI is InChI=1S/C11H9NO3/c1-15-11(14)9-10(13)8-5-3-2-4-7(8)6-12-9/h2-6,13H,1H3. The highest BCUT2D eigenvalue weighted by Gasteiger charge is 2.15. The molecule has 0 bridgehead atoms. The maximum absolute atomic E-state index is 11.2. The van der Waals surface area contributed by atoms with Crippen molar-refractivity contribution in [2.75, 3.05) is 7.11 Å². The Morgan fingerprint density at radius 3 is 2.87 bits per heavy atom. The van der Waals surface area contributed by atoms with Crippen molar-refractivity contribution in [1.29, 1.82) is 0 Å². The zero-order valence-electron chi connectivity index (χ0n) is 8.10. The Labute approximate surface area is 86.1 Å². The maximum atomic E-state index is 11.2. The molecule has 0 unspecified atom stereocenters. The van der Waals surface area contributed by atoms with Gasteiger partial charge < -0.3 is 9.84 Å². The van der Waals surface area contributed by atoms with Crippen molar-refractivity contribution in [2.24, 2.45) is 0 Å². The number of carbonyl (C=O) groups is 1. The Morgan fingerprint density at radius 2 is 2.13 bits per heavy atom. The van der Waals surface area contributed by atoms with Gasteiger partial charge >= 0.3 is 5.97 Å². The van der Waals surface area contributed by atoms with Gasteiger partial charge in [-0.3, -0.25) is 0 Å². The molecule has 76 valence electrons. The van der Waals surface area contributed by atoms with Crippen LogP contribution in [0.5, 0.6) is 5.75 Å². The zero-order chi connectivity index (χ0) is 10.8. The van der Waals surface area contributed by atoms with Crippen LogP contribution in [0.1, 0.15) is 10.5 Å². The molecule has 0 aliphatic carbocycles. The Bertz CT molecular complexity index is 522. The first-order valence-corrected chi connectivity index (χ1v) is 4.39. The van der Waals surface area contributed by atoms with E-state index in [4.69, 9.17) is 0 Å². The lowest BCUT2D eigenvalue weighted by molar-refractivity contribution is 0.0591. The van der Waals surface area contributed by atoms with Crippen molar-refractivity contribution >= 4 is 16.7 Å². The summed E-state index contributed by atoms with van der Waals surface area (Å²) in [4.78, 5) is 15.1. The average molecular weight is 203 g/mol. The molecule has 0 fully saturated rings. The maximum Gasteiger partial charge on any atom is 0.360 e. The van der Waals surface area contributed by atoms with Gasteiger partial charge in [-0.2, -0.15) is 0 Å². The summed E-state index contributed by atoms with van der Waals surface area (Å²) < 4.78 is 4.50. The number of methoxy groups -OCH3 is 1. The molecule has 1 aromatic heterocycles. The molecule has 2 rings (SSSR count). The first kappa shape index (κ1) is 9.45. The second-order valence-electron chi connectivity index (χ2n) is 3.03. The van der Waals surface area contributed by atoms with Gasteiger partial charge in [0.2, 0.25) is 0 Å². The summed E-state index contributed by atoms with van der Waals surface area (Å²) in [6.07, 6.45) is 1.53. The van der Waals surface area contributed by atoms with Gasteiger partial charge in [-0.25, -0.2) is 9.78 Å². The third kappa shape index (κ3) is 1.50. The number of aromatic hydroxyl groups is 1. The van der Waals surface area contributed by atoms with Crippen molar-refractivity contribution < 1.29 is 14.6 Å². The summed E-state index contributed by atoms with van der Waals surface area (Å²) in [7, 11) is 1.25. The number of rotatable bonds is 1. The van der Waals surface area contributed by atoms with E-state index in [9.17, 15) is 9.90 Å². The van der Waals surface area contributed by atoms with Crippen LogP contribution in [-0.4, -0.2) is 23.2 Å². The van der Waals surface area contributed by atoms with Crippen molar-refractivity contribution in [1.82, 2.24) is 4.98 Å². The molecule has 1 heterocycles. The third-order valence-electron chi connectivity index (χ3n) is 2.15. The van der Waals surface area contributed by atoms with Gasteiger partial charge in [-0.15, -0.1) is 0 Å². The average Bonchev–Trinajstić information content (AvgIpc) is 2.29. The van der Waals surface area contributed by atoms with Crippen LogP contribution in [0.3, 0.4) is 0 Å². The highest BCUT2D eigenvalue weighted by Crippen LogP contribution is 2.26. The first-order valence-electron chi connectivity index (χ1n) is 4.39. The van der Waals surface area contributed by atoms with Crippen molar-refractivity contribution in [3.8, 4) is 5.75 Å². The monoisotopic (exact) mass is 203 g/mol. The fraction of sp³-hybridized carbons (Fsp3) is 0.0909. The summed E-state index contributed by atoms with van der Waals surface area (Å²) in [5.41, 5.74) is -0.0591. The van der Waals surface area contributed by atoms with Gasteiger partial charge in [0.15, 0.2) is 11.4 Å². The number of carbonyl (C=O) groups excluding carboxylic acids is 1. The summed E-state index contributed by atoms with van der Waals surface area (Å²) in [5, 5.41) is 11.2. The van der Waals surface area contributed by atoms with E-state index in [1.807, 2.05) is 12.1 Å². The molecule has 0 amide bonds. The summed E-state index contributed by atoms with van der Waals surface area (Å²) in [6, 6.07) is 7.15. The van der Waals surface area contributed by atoms with Gasteiger partial charge in [-0.1, -0.05) is 24.3 Å². The van der Waals surface area contributed by atoms with E-state index in [-0.39, 0.29) is 11.4 Å². The molecule has 4 nitrogen and oxygen atoms in total. The number of aromatic nitrogens is 1. The Hall–Kier alpha value is -2.10. The van der Waals surface area contributed by atoms with Crippen molar-refractivity contribution in [2.45, 2.75) is 0 Å². The molecule has 0 atom stereocenters. The molecule has 0 aliphatic rings. The van der Waals surface area contributed by atoms with Crippen molar-refractivity contribution in [3.63, 3.8) is 0 Å². The molecule has 15 heavy (non-hydrogen) atoms. The van der Waals surface area contributed by atoms with Gasteiger partial charge in [-0.05, 0) is 0 Å². The topological polar surface area (TPSA) is 59.4 Å². The summed E-state index contributed by atoms with van der Waals surface area (Å²) in [5.74, 6) is -0.779. The first-order chi connectivity index (χ1) is 7.24. The number of benzene rings is 1. The van der Waals surface area contributed by atoms with Gasteiger partial charge in [0, 0.05) is 17.0 Å². The fourth-order valence-electron chi connectivity index (χ4n) is 1.39. The second kappa shape index (κ2) is 3.57. The number of hydrogen-bond donors (Lipinski definition) is 1. The van der Waals surface area contributed by atoms with E-state index in [2.05, 4.69) is 9.72 Å². The van der Waals surface area contributed by atoms with E-state index in [1.165, 1.54) is 13.3 Å². The van der Waals surface area contributed by atoms with Crippen LogP contribution < -0.4 is 0 Å². The fourth-order valence-corrected chi connectivity index (χ4v) is 1.39. The number of fused-ring (bicyclic) bond motifs is 1. The van der Waals surface area contributed by atoms with Crippen LogP contribution in [0.2, 0.25) is 0 Å². The van der Waals surface area contributed by atoms with Crippen LogP contribution in [0.15, 0.2) is 30.5 Å². The third-order valence-corrected chi connectivity index (χ3v) is 2.15. The smallest absolute Gasteiger partial charge is 0.360 e. The highest BCUT2D eigenvalue weighted by atomic mass is 16.5. The lowest BCUT2D eigenvalue weighted by atomic mass is 10.1. The molecule has 0 radical (unpaired) electrons. The molecular formula is C11H9NO3. The summed E-state index contributed by atoms with van der Waals surface area (Å²) in [6.45, 7) is 0. The Balaban J connectivity index is 2.70. The molecule has 0 saturated carbocycles. The van der Waals surface area contributed by atoms with E-state index < -0.39 is 5.97 Å². The lowest BCUT2D eigenvalue weighted by Gasteiger charge is -2.04. The predicted octanol–water partition coefficient (Wildman–Crippen LogP) is 1.73. The largest absolute Gasteiger partial charge is 0.505 e. The Morgan fingerprint density at radius 1 is 1.40 bits per heavy atom. The highest BCUT2D eigenvalue weighted by molar-refractivity contribution is 5.98. The lowest BCUT2D eigenvalue weighted by Crippen LogP contribution is -2.04. The van der Waals surface area contributed by atoms with E-state index in [0.29, 0.717) is 5.39 Å². The molecule has 1 aromatic carbocycles. The van der Waals surface area contributed by atoms with Crippen LogP contribution in [-0.2, 0) is 4.74 Å². The van der Waals surface area contributed by atoms with E-state index >= 15 is 0 Å². The molecule has 0 aliphatic heterocycles. The molecular weight excluding hydrogens is 194 g/mol. The zero-order valence-corrected chi connectivity index (χ0v) is 8.10. The molecule has 4 heteroatoms. The van der Waals surface area contributed by atoms with E-state index in [0.717, 1.165) is 5.39 Å². The number of nitrogens with zero attached hydrogens (tertiary/aromatic N) is 1. The molecule has 0 spiro atoms. The Kier molecular flexibility index (Phi) is 2.25. The van der Waals surface area contributed by atoms with Gasteiger partial charge in [0.05, 0.1) is 7.11 Å². The number of pyridine rings is 1. The van der Waals surface area contributed by atoms with Crippen LogP contribution in [0.25, 0.3) is 10.8 Å². The molecule has 2 aromatic rings. The minimum atomic E-state index is -0.641. The normalized spacial score (nSPS) is 10.2. The number of esters is 1.